The molecule has 166 valence electrons. The number of halogens is 1. The molecule has 1 aliphatic heterocycles. The Morgan fingerprint density at radius 3 is 2.65 bits per heavy atom. The highest BCUT2D eigenvalue weighted by Crippen LogP contribution is 2.23. The molecule has 2 aliphatic rings. The van der Waals surface area contributed by atoms with E-state index in [0.717, 1.165) is 67.7 Å². The number of methoxy groups -OCH3 is 1. The second-order valence-corrected chi connectivity index (χ2v) is 8.28. The molecule has 0 atom stereocenters. The summed E-state index contributed by atoms with van der Waals surface area (Å²) in [5, 5.41) is 6.86. The lowest BCUT2D eigenvalue weighted by atomic mass is 9.90. The Morgan fingerprint density at radius 2 is 1.90 bits per heavy atom. The lowest BCUT2D eigenvalue weighted by molar-refractivity contribution is 0.0590. The summed E-state index contributed by atoms with van der Waals surface area (Å²) >= 11 is 0. The van der Waals surface area contributed by atoms with Crippen LogP contribution in [-0.4, -0.2) is 72.3 Å². The van der Waals surface area contributed by atoms with Gasteiger partial charge < -0.3 is 9.64 Å². The van der Waals surface area contributed by atoms with Gasteiger partial charge in [0.2, 0.25) is 0 Å². The number of rotatable bonds is 6. The molecule has 1 aliphatic carbocycles. The summed E-state index contributed by atoms with van der Waals surface area (Å²) in [4.78, 5) is 29.0. The second-order valence-electron chi connectivity index (χ2n) is 8.28. The SMILES string of the molecule is COCCN1CCN(C(=O)c2cc(Cc3n[nH]c(=O)c4c3CCCC4)ccc2F)CC1. The highest BCUT2D eigenvalue weighted by molar-refractivity contribution is 5.94. The maximum absolute atomic E-state index is 14.5. The standard InChI is InChI=1S/C23H29FN4O3/c1-31-13-12-27-8-10-28(11-9-27)23(30)19-14-16(6-7-20(19)24)15-21-17-4-2-3-5-18(17)22(29)26-25-21/h6-7,14H,2-5,8-13,15H2,1H3,(H,26,29). The van der Waals surface area contributed by atoms with Crippen LogP contribution in [0.4, 0.5) is 4.39 Å². The number of carbonyl (C=O) groups excluding carboxylic acids is 1. The first-order chi connectivity index (χ1) is 15.1. The van der Waals surface area contributed by atoms with Crippen LogP contribution in [0.1, 0.15) is 45.6 Å². The smallest absolute Gasteiger partial charge is 0.267 e. The van der Waals surface area contributed by atoms with E-state index >= 15 is 0 Å². The van der Waals surface area contributed by atoms with Gasteiger partial charge in [-0.15, -0.1) is 0 Å². The van der Waals surface area contributed by atoms with Gasteiger partial charge in [-0.3, -0.25) is 14.5 Å². The molecule has 0 unspecified atom stereocenters. The van der Waals surface area contributed by atoms with E-state index in [0.29, 0.717) is 26.1 Å². The van der Waals surface area contributed by atoms with Crippen molar-refractivity contribution in [3.63, 3.8) is 0 Å². The summed E-state index contributed by atoms with van der Waals surface area (Å²) in [6.45, 7) is 4.14. The lowest BCUT2D eigenvalue weighted by Crippen LogP contribution is -2.49. The molecule has 2 heterocycles. The van der Waals surface area contributed by atoms with Gasteiger partial charge in [0.1, 0.15) is 5.82 Å². The third-order valence-electron chi connectivity index (χ3n) is 6.29. The molecule has 4 rings (SSSR count). The van der Waals surface area contributed by atoms with Gasteiger partial charge in [-0.1, -0.05) is 6.07 Å². The van der Waals surface area contributed by atoms with E-state index < -0.39 is 5.82 Å². The van der Waals surface area contributed by atoms with Crippen molar-refractivity contribution in [3.8, 4) is 0 Å². The Balaban J connectivity index is 1.49. The number of aromatic amines is 1. The number of fused-ring (bicyclic) bond motifs is 1. The van der Waals surface area contributed by atoms with E-state index in [2.05, 4.69) is 15.1 Å². The molecule has 1 amide bonds. The quantitative estimate of drug-likeness (QED) is 0.759. The Labute approximate surface area is 181 Å². The molecule has 7 nitrogen and oxygen atoms in total. The third kappa shape index (κ3) is 4.85. The average molecular weight is 429 g/mol. The maximum atomic E-state index is 14.5. The van der Waals surface area contributed by atoms with Crippen LogP contribution in [0, 0.1) is 5.82 Å². The number of nitrogens with zero attached hydrogens (tertiary/aromatic N) is 3. The number of nitrogens with one attached hydrogen (secondary N) is 1. The van der Waals surface area contributed by atoms with Crippen molar-refractivity contribution in [3.05, 3.63) is 62.3 Å². The minimum atomic E-state index is -0.507. The predicted molar refractivity (Wildman–Crippen MR) is 115 cm³/mol. The third-order valence-corrected chi connectivity index (χ3v) is 6.29. The molecule has 1 N–H and O–H groups in total. The number of hydrogen-bond acceptors (Lipinski definition) is 5. The summed E-state index contributed by atoms with van der Waals surface area (Å²) in [6.07, 6.45) is 4.11. The number of amides is 1. The minimum absolute atomic E-state index is 0.0983. The van der Waals surface area contributed by atoms with Gasteiger partial charge in [-0.25, -0.2) is 9.49 Å². The minimum Gasteiger partial charge on any atom is -0.383 e. The zero-order chi connectivity index (χ0) is 21.8. The van der Waals surface area contributed by atoms with Gasteiger partial charge >= 0.3 is 0 Å². The number of ether oxygens (including phenoxy) is 1. The van der Waals surface area contributed by atoms with Gasteiger partial charge in [0.15, 0.2) is 0 Å². The van der Waals surface area contributed by atoms with Gasteiger partial charge in [-0.2, -0.15) is 5.10 Å². The Morgan fingerprint density at radius 1 is 1.16 bits per heavy atom. The molecular formula is C23H29FN4O3. The van der Waals surface area contributed by atoms with Crippen molar-refractivity contribution in [2.24, 2.45) is 0 Å². The highest BCUT2D eigenvalue weighted by Gasteiger charge is 2.25. The highest BCUT2D eigenvalue weighted by atomic mass is 19.1. The molecule has 0 radical (unpaired) electrons. The molecular weight excluding hydrogens is 399 g/mol. The molecule has 31 heavy (non-hydrogen) atoms. The zero-order valence-corrected chi connectivity index (χ0v) is 18.0. The number of hydrogen-bond donors (Lipinski definition) is 1. The lowest BCUT2D eigenvalue weighted by Gasteiger charge is -2.34. The molecule has 2 aromatic rings. The van der Waals surface area contributed by atoms with E-state index in [1.165, 1.54) is 6.07 Å². The Hall–Kier alpha value is -2.58. The molecule has 0 bridgehead atoms. The van der Waals surface area contributed by atoms with Crippen LogP contribution in [0.25, 0.3) is 0 Å². The fourth-order valence-electron chi connectivity index (χ4n) is 4.48. The Kier molecular flexibility index (Phi) is 6.77. The van der Waals surface area contributed by atoms with Crippen LogP contribution in [0.2, 0.25) is 0 Å². The number of carbonyl (C=O) groups is 1. The van der Waals surface area contributed by atoms with Gasteiger partial charge in [0.05, 0.1) is 17.9 Å². The molecule has 0 saturated carbocycles. The summed E-state index contributed by atoms with van der Waals surface area (Å²) in [6, 6.07) is 4.68. The second kappa shape index (κ2) is 9.70. The normalized spacial score (nSPS) is 16.9. The van der Waals surface area contributed by atoms with Crippen molar-refractivity contribution in [1.29, 1.82) is 0 Å². The van der Waals surface area contributed by atoms with E-state index in [4.69, 9.17) is 4.74 Å². The first-order valence-electron chi connectivity index (χ1n) is 10.9. The predicted octanol–water partition coefficient (Wildman–Crippen LogP) is 1.78. The van der Waals surface area contributed by atoms with Crippen molar-refractivity contribution in [2.75, 3.05) is 46.4 Å². The molecule has 8 heteroatoms. The molecule has 1 aromatic heterocycles. The number of H-pyrrole nitrogens is 1. The number of piperazine rings is 1. The van der Waals surface area contributed by atoms with E-state index in [-0.39, 0.29) is 17.0 Å². The first-order valence-corrected chi connectivity index (χ1v) is 10.9. The number of benzene rings is 1. The monoisotopic (exact) mass is 428 g/mol. The largest absolute Gasteiger partial charge is 0.383 e. The van der Waals surface area contributed by atoms with Crippen molar-refractivity contribution in [1.82, 2.24) is 20.0 Å². The van der Waals surface area contributed by atoms with Crippen LogP contribution >= 0.6 is 0 Å². The van der Waals surface area contributed by atoms with E-state index in [9.17, 15) is 14.0 Å². The van der Waals surface area contributed by atoms with Crippen LogP contribution in [-0.2, 0) is 24.0 Å². The van der Waals surface area contributed by atoms with Crippen LogP contribution < -0.4 is 5.56 Å². The van der Waals surface area contributed by atoms with Crippen molar-refractivity contribution < 1.29 is 13.9 Å². The summed E-state index contributed by atoms with van der Waals surface area (Å²) in [5.41, 5.74) is 3.45. The summed E-state index contributed by atoms with van der Waals surface area (Å²) in [7, 11) is 1.67. The zero-order valence-electron chi connectivity index (χ0n) is 18.0. The summed E-state index contributed by atoms with van der Waals surface area (Å²) in [5.74, 6) is -0.783. The summed E-state index contributed by atoms with van der Waals surface area (Å²) < 4.78 is 19.7. The van der Waals surface area contributed by atoms with Crippen molar-refractivity contribution in [2.45, 2.75) is 32.1 Å². The van der Waals surface area contributed by atoms with Gasteiger partial charge in [0, 0.05) is 51.8 Å². The van der Waals surface area contributed by atoms with Gasteiger partial charge in [-0.05, 0) is 48.9 Å². The molecule has 1 saturated heterocycles. The first kappa shape index (κ1) is 21.6. The number of aromatic nitrogens is 2. The van der Waals surface area contributed by atoms with Crippen LogP contribution in [0.5, 0.6) is 0 Å². The fourth-order valence-corrected chi connectivity index (χ4v) is 4.48. The van der Waals surface area contributed by atoms with Crippen LogP contribution in [0.3, 0.4) is 0 Å². The fraction of sp³-hybridized carbons (Fsp3) is 0.522. The molecule has 1 aromatic carbocycles. The average Bonchev–Trinajstić information content (AvgIpc) is 2.81. The van der Waals surface area contributed by atoms with Crippen LogP contribution in [0.15, 0.2) is 23.0 Å². The van der Waals surface area contributed by atoms with Crippen molar-refractivity contribution >= 4 is 5.91 Å². The van der Waals surface area contributed by atoms with Gasteiger partial charge in [0.25, 0.3) is 11.5 Å². The molecule has 0 spiro atoms. The molecule has 1 fully saturated rings. The van der Waals surface area contributed by atoms with E-state index in [1.807, 2.05) is 0 Å². The Bertz CT molecular complexity index is 999. The topological polar surface area (TPSA) is 78.5 Å². The maximum Gasteiger partial charge on any atom is 0.267 e. The van der Waals surface area contributed by atoms with E-state index in [1.54, 1.807) is 24.1 Å².